The third-order valence-corrected chi connectivity index (χ3v) is 3.76. The van der Waals surface area contributed by atoms with Gasteiger partial charge in [-0.05, 0) is 6.42 Å². The van der Waals surface area contributed by atoms with E-state index in [9.17, 15) is 13.2 Å². The number of nitrogens with one attached hydrogen (secondary N) is 1. The van der Waals surface area contributed by atoms with Gasteiger partial charge in [-0.1, -0.05) is 0 Å². The fourth-order valence-electron chi connectivity index (χ4n) is 1.26. The van der Waals surface area contributed by atoms with Crippen molar-refractivity contribution in [2.24, 2.45) is 0 Å². The Kier molecular flexibility index (Phi) is 3.27. The Hall–Kier alpha value is -0.620. The maximum atomic E-state index is 11.0. The van der Waals surface area contributed by atoms with Crippen molar-refractivity contribution >= 4 is 15.8 Å². The minimum atomic E-state index is -2.86. The molecule has 0 aromatic rings. The maximum absolute atomic E-state index is 11.0. The molecule has 13 heavy (non-hydrogen) atoms. The van der Waals surface area contributed by atoms with Crippen LogP contribution in [0.25, 0.3) is 0 Å². The van der Waals surface area contributed by atoms with Gasteiger partial charge >= 0.3 is 5.97 Å². The summed E-state index contributed by atoms with van der Waals surface area (Å²) in [6.45, 7) is 0.0800. The lowest BCUT2D eigenvalue weighted by Crippen LogP contribution is -2.34. The molecule has 5 nitrogen and oxygen atoms in total. The standard InChI is InChI=1S/C7H13NO4S/c1-12-7(9)4-8-6-2-3-13(10,11)5-6/h6,8H,2-5H2,1H3/t6-/m1/s1. The van der Waals surface area contributed by atoms with Gasteiger partial charge in [-0.2, -0.15) is 0 Å². The first-order valence-corrected chi connectivity index (χ1v) is 5.86. The van der Waals surface area contributed by atoms with Crippen molar-refractivity contribution in [3.05, 3.63) is 0 Å². The third-order valence-electron chi connectivity index (χ3n) is 2.00. The van der Waals surface area contributed by atoms with E-state index in [-0.39, 0.29) is 30.1 Å². The molecule has 1 N–H and O–H groups in total. The largest absolute Gasteiger partial charge is 0.468 e. The highest BCUT2D eigenvalue weighted by molar-refractivity contribution is 7.91. The van der Waals surface area contributed by atoms with E-state index < -0.39 is 9.84 Å². The highest BCUT2D eigenvalue weighted by Gasteiger charge is 2.27. The summed E-state index contributed by atoms with van der Waals surface area (Å²) in [4.78, 5) is 10.7. The molecule has 0 aromatic heterocycles. The second-order valence-electron chi connectivity index (χ2n) is 3.06. The first-order chi connectivity index (χ1) is 6.03. The normalized spacial score (nSPS) is 25.8. The minimum absolute atomic E-state index is 0.0800. The van der Waals surface area contributed by atoms with E-state index in [1.165, 1.54) is 7.11 Å². The number of carbonyl (C=O) groups excluding carboxylic acids is 1. The summed E-state index contributed by atoms with van der Waals surface area (Å²) in [5.74, 6) is -0.0279. The van der Waals surface area contributed by atoms with E-state index in [1.807, 2.05) is 0 Å². The van der Waals surface area contributed by atoms with E-state index in [1.54, 1.807) is 0 Å². The number of hydrogen-bond acceptors (Lipinski definition) is 5. The predicted octanol–water partition coefficient (Wildman–Crippen LogP) is -1.06. The molecule has 6 heteroatoms. The zero-order valence-electron chi connectivity index (χ0n) is 7.45. The van der Waals surface area contributed by atoms with E-state index >= 15 is 0 Å². The molecule has 76 valence electrons. The third kappa shape index (κ3) is 3.31. The molecule has 0 aliphatic carbocycles. The molecule has 1 rings (SSSR count). The zero-order chi connectivity index (χ0) is 9.90. The van der Waals surface area contributed by atoms with Crippen molar-refractivity contribution in [3.8, 4) is 0 Å². The van der Waals surface area contributed by atoms with Crippen LogP contribution in [0.5, 0.6) is 0 Å². The molecule has 0 bridgehead atoms. The quantitative estimate of drug-likeness (QED) is 0.597. The Bertz CT molecular complexity index is 285. The molecule has 0 aromatic carbocycles. The molecule has 0 spiro atoms. The molecular formula is C7H13NO4S. The predicted molar refractivity (Wildman–Crippen MR) is 47.1 cm³/mol. The van der Waals surface area contributed by atoms with E-state index in [2.05, 4.69) is 10.1 Å². The van der Waals surface area contributed by atoms with Crippen LogP contribution in [-0.2, 0) is 19.4 Å². The highest BCUT2D eigenvalue weighted by atomic mass is 32.2. The van der Waals surface area contributed by atoms with Crippen molar-refractivity contribution in [2.75, 3.05) is 25.2 Å². The lowest BCUT2D eigenvalue weighted by molar-refractivity contribution is -0.139. The van der Waals surface area contributed by atoms with Gasteiger partial charge in [0.2, 0.25) is 0 Å². The van der Waals surface area contributed by atoms with Crippen LogP contribution in [0, 0.1) is 0 Å². The minimum Gasteiger partial charge on any atom is -0.468 e. The topological polar surface area (TPSA) is 72.5 Å². The lowest BCUT2D eigenvalue weighted by Gasteiger charge is -2.08. The van der Waals surface area contributed by atoms with Gasteiger partial charge in [0.25, 0.3) is 0 Å². The van der Waals surface area contributed by atoms with E-state index in [0.717, 1.165) is 0 Å². The lowest BCUT2D eigenvalue weighted by atomic mass is 10.3. The number of sulfone groups is 1. The Morgan fingerprint density at radius 3 is 2.77 bits per heavy atom. The van der Waals surface area contributed by atoms with Gasteiger partial charge in [-0.3, -0.25) is 4.79 Å². The molecule has 0 unspecified atom stereocenters. The molecule has 1 aliphatic rings. The second kappa shape index (κ2) is 4.06. The van der Waals surface area contributed by atoms with Crippen LogP contribution in [-0.4, -0.2) is 45.6 Å². The number of rotatable bonds is 3. The van der Waals surface area contributed by atoms with Gasteiger partial charge in [-0.25, -0.2) is 8.42 Å². The zero-order valence-corrected chi connectivity index (χ0v) is 8.26. The number of ether oxygens (including phenoxy) is 1. The molecule has 1 aliphatic heterocycles. The summed E-state index contributed by atoms with van der Waals surface area (Å²) in [6, 6.07) is -0.0934. The van der Waals surface area contributed by atoms with Gasteiger partial charge in [-0.15, -0.1) is 0 Å². The molecule has 1 atom stereocenters. The molecule has 0 radical (unpaired) electrons. The van der Waals surface area contributed by atoms with Gasteiger partial charge in [0, 0.05) is 6.04 Å². The summed E-state index contributed by atoms with van der Waals surface area (Å²) >= 11 is 0. The van der Waals surface area contributed by atoms with Crippen molar-refractivity contribution in [3.63, 3.8) is 0 Å². The monoisotopic (exact) mass is 207 g/mol. The van der Waals surface area contributed by atoms with Gasteiger partial charge < -0.3 is 10.1 Å². The van der Waals surface area contributed by atoms with Crippen molar-refractivity contribution in [1.29, 1.82) is 0 Å². The number of carbonyl (C=O) groups is 1. The average molecular weight is 207 g/mol. The Balaban J connectivity index is 2.29. The maximum Gasteiger partial charge on any atom is 0.319 e. The summed E-state index contributed by atoms with van der Waals surface area (Å²) in [7, 11) is -1.56. The smallest absolute Gasteiger partial charge is 0.319 e. The number of methoxy groups -OCH3 is 1. The van der Waals surface area contributed by atoms with Crippen LogP contribution in [0.2, 0.25) is 0 Å². The van der Waals surface area contributed by atoms with Crippen LogP contribution in [0.3, 0.4) is 0 Å². The van der Waals surface area contributed by atoms with Crippen molar-refractivity contribution in [1.82, 2.24) is 5.32 Å². The average Bonchev–Trinajstić information content (AvgIpc) is 2.41. The van der Waals surface area contributed by atoms with E-state index in [4.69, 9.17) is 0 Å². The summed E-state index contributed by atoms with van der Waals surface area (Å²) in [6.07, 6.45) is 0.583. The van der Waals surface area contributed by atoms with Gasteiger partial charge in [0.05, 0.1) is 25.2 Å². The Morgan fingerprint density at radius 2 is 2.31 bits per heavy atom. The molecule has 0 saturated carbocycles. The van der Waals surface area contributed by atoms with Gasteiger partial charge in [0.1, 0.15) is 0 Å². The SMILES string of the molecule is COC(=O)CN[C@@H]1CCS(=O)(=O)C1. The molecular weight excluding hydrogens is 194 g/mol. The first-order valence-electron chi connectivity index (χ1n) is 4.04. The fourth-order valence-corrected chi connectivity index (χ4v) is 2.96. The van der Waals surface area contributed by atoms with Crippen LogP contribution in [0.1, 0.15) is 6.42 Å². The van der Waals surface area contributed by atoms with Crippen LogP contribution < -0.4 is 5.32 Å². The van der Waals surface area contributed by atoms with Gasteiger partial charge in [0.15, 0.2) is 9.84 Å². The summed E-state index contributed by atoms with van der Waals surface area (Å²) in [5, 5.41) is 2.83. The molecule has 0 amide bonds. The first kappa shape index (κ1) is 10.5. The Labute approximate surface area is 77.4 Å². The van der Waals surface area contributed by atoms with Crippen LogP contribution in [0.15, 0.2) is 0 Å². The van der Waals surface area contributed by atoms with Crippen LogP contribution in [0.4, 0.5) is 0 Å². The number of esters is 1. The van der Waals surface area contributed by atoms with E-state index in [0.29, 0.717) is 6.42 Å². The summed E-state index contributed by atoms with van der Waals surface area (Å²) < 4.78 is 26.4. The Morgan fingerprint density at radius 1 is 1.62 bits per heavy atom. The molecule has 1 fully saturated rings. The summed E-state index contributed by atoms with van der Waals surface area (Å²) in [5.41, 5.74) is 0. The number of hydrogen-bond donors (Lipinski definition) is 1. The highest BCUT2D eigenvalue weighted by Crippen LogP contribution is 2.10. The second-order valence-corrected chi connectivity index (χ2v) is 5.29. The van der Waals surface area contributed by atoms with Crippen molar-refractivity contribution < 1.29 is 17.9 Å². The van der Waals surface area contributed by atoms with Crippen molar-refractivity contribution in [2.45, 2.75) is 12.5 Å². The van der Waals surface area contributed by atoms with Crippen LogP contribution >= 0.6 is 0 Å². The molecule has 1 saturated heterocycles. The molecule has 1 heterocycles. The fraction of sp³-hybridized carbons (Fsp3) is 0.857.